The van der Waals surface area contributed by atoms with Gasteiger partial charge in [0.2, 0.25) is 5.90 Å². The molecule has 0 aliphatic carbocycles. The van der Waals surface area contributed by atoms with Gasteiger partial charge in [0.1, 0.15) is 0 Å². The summed E-state index contributed by atoms with van der Waals surface area (Å²) >= 11 is 0. The Morgan fingerprint density at radius 2 is 1.83 bits per heavy atom. The molecule has 2 nitrogen and oxygen atoms in total. The second kappa shape index (κ2) is 4.75. The molecule has 0 fully saturated rings. The van der Waals surface area contributed by atoms with Gasteiger partial charge in [0.25, 0.3) is 0 Å². The number of hydrogen-bond acceptors (Lipinski definition) is 2. The maximum Gasteiger partial charge on any atom is 0.216 e. The van der Waals surface area contributed by atoms with E-state index < -0.39 is 0 Å². The number of ether oxygens (including phenoxy) is 1. The van der Waals surface area contributed by atoms with E-state index in [1.54, 1.807) is 7.11 Å². The van der Waals surface area contributed by atoms with E-state index in [0.29, 0.717) is 11.8 Å². The third-order valence-electron chi connectivity index (χ3n) is 1.46. The fourth-order valence-electron chi connectivity index (χ4n) is 0.669. The van der Waals surface area contributed by atoms with Crippen LogP contribution in [0.5, 0.6) is 0 Å². The van der Waals surface area contributed by atoms with Crippen LogP contribution < -0.4 is 0 Å². The lowest BCUT2D eigenvalue weighted by molar-refractivity contribution is 0.398. The summed E-state index contributed by atoms with van der Waals surface area (Å²) in [5.41, 5.74) is 1.63. The van der Waals surface area contributed by atoms with Crippen molar-refractivity contribution in [3.8, 4) is 0 Å². The molecule has 0 unspecified atom stereocenters. The number of allylic oxidation sites excluding steroid dienone is 1. The van der Waals surface area contributed by atoms with Gasteiger partial charge in [-0.05, 0) is 12.8 Å². The highest BCUT2D eigenvalue weighted by molar-refractivity contribution is 5.93. The summed E-state index contributed by atoms with van der Waals surface area (Å²) in [7, 11) is 1.59. The van der Waals surface area contributed by atoms with E-state index in [9.17, 15) is 0 Å². The zero-order valence-corrected chi connectivity index (χ0v) is 8.35. The lowest BCUT2D eigenvalue weighted by Crippen LogP contribution is -2.09. The lowest BCUT2D eigenvalue weighted by atomic mass is 10.1. The monoisotopic (exact) mass is 167 g/mol. The van der Waals surface area contributed by atoms with Crippen LogP contribution in [0.1, 0.15) is 20.8 Å². The van der Waals surface area contributed by atoms with Crippen molar-refractivity contribution in [2.45, 2.75) is 20.8 Å². The molecule has 0 aliphatic heterocycles. The van der Waals surface area contributed by atoms with Crippen molar-refractivity contribution in [1.29, 1.82) is 0 Å². The number of aliphatic imine (C=N–C) groups is 1. The molecule has 12 heavy (non-hydrogen) atoms. The van der Waals surface area contributed by atoms with E-state index in [0.717, 1.165) is 11.3 Å². The maximum absolute atomic E-state index is 5.07. The van der Waals surface area contributed by atoms with E-state index in [4.69, 9.17) is 4.74 Å². The number of nitrogens with zero attached hydrogens (tertiary/aromatic N) is 1. The smallest absolute Gasteiger partial charge is 0.216 e. The molecule has 0 atom stereocenters. The summed E-state index contributed by atoms with van der Waals surface area (Å²) in [5, 5.41) is 0. The first-order chi connectivity index (χ1) is 5.49. The molecule has 0 saturated carbocycles. The first kappa shape index (κ1) is 11.0. The highest BCUT2D eigenvalue weighted by atomic mass is 16.5. The molecule has 0 aromatic rings. The summed E-state index contributed by atoms with van der Waals surface area (Å²) in [6.07, 6.45) is 0. The predicted octanol–water partition coefficient (Wildman–Crippen LogP) is 2.78. The van der Waals surface area contributed by atoms with E-state index in [1.165, 1.54) is 0 Å². The largest absolute Gasteiger partial charge is 0.481 e. The molecule has 0 aliphatic rings. The number of rotatable bonds is 3. The first-order valence-electron chi connectivity index (χ1n) is 3.96. The fourth-order valence-corrected chi connectivity index (χ4v) is 0.669. The summed E-state index contributed by atoms with van der Waals surface area (Å²) < 4.78 is 5.07. The van der Waals surface area contributed by atoms with Crippen LogP contribution in [0.25, 0.3) is 0 Å². The SMILES string of the molecule is C=C(C)N=C(OC)C(=C)C(C)C. The zero-order valence-electron chi connectivity index (χ0n) is 8.35. The van der Waals surface area contributed by atoms with Gasteiger partial charge in [-0.1, -0.05) is 27.0 Å². The predicted molar refractivity (Wildman–Crippen MR) is 53.2 cm³/mol. The highest BCUT2D eigenvalue weighted by Gasteiger charge is 2.08. The molecule has 0 heterocycles. The average molecular weight is 167 g/mol. The number of hydrogen-bond donors (Lipinski definition) is 0. The highest BCUT2D eigenvalue weighted by Crippen LogP contribution is 2.10. The summed E-state index contributed by atoms with van der Waals surface area (Å²) in [5.74, 6) is 0.931. The molecule has 0 saturated heterocycles. The van der Waals surface area contributed by atoms with Gasteiger partial charge in [-0.25, -0.2) is 4.99 Å². The fraction of sp³-hybridized carbons (Fsp3) is 0.500. The zero-order chi connectivity index (χ0) is 9.72. The summed E-state index contributed by atoms with van der Waals surface area (Å²) in [6, 6.07) is 0. The van der Waals surface area contributed by atoms with Crippen LogP contribution in [0.15, 0.2) is 29.4 Å². The molecular formula is C10H17NO. The van der Waals surface area contributed by atoms with Crippen molar-refractivity contribution in [3.05, 3.63) is 24.4 Å². The molecule has 68 valence electrons. The Labute approximate surface area is 74.7 Å². The Morgan fingerprint density at radius 1 is 1.33 bits per heavy atom. The minimum atomic E-state index is 0.350. The van der Waals surface area contributed by atoms with Gasteiger partial charge in [-0.2, -0.15) is 0 Å². The first-order valence-corrected chi connectivity index (χ1v) is 3.96. The van der Waals surface area contributed by atoms with Crippen molar-refractivity contribution < 1.29 is 4.74 Å². The lowest BCUT2D eigenvalue weighted by Gasteiger charge is -2.10. The average Bonchev–Trinajstić information content (AvgIpc) is 1.98. The van der Waals surface area contributed by atoms with Gasteiger partial charge >= 0.3 is 0 Å². The topological polar surface area (TPSA) is 21.6 Å². The van der Waals surface area contributed by atoms with Crippen LogP contribution in [0.4, 0.5) is 0 Å². The van der Waals surface area contributed by atoms with Gasteiger partial charge in [0.15, 0.2) is 0 Å². The Morgan fingerprint density at radius 3 is 2.08 bits per heavy atom. The molecule has 0 amide bonds. The molecule has 0 spiro atoms. The van der Waals surface area contributed by atoms with Gasteiger partial charge in [-0.15, -0.1) is 0 Å². The maximum atomic E-state index is 5.07. The molecule has 0 radical (unpaired) electrons. The van der Waals surface area contributed by atoms with Gasteiger partial charge in [-0.3, -0.25) is 0 Å². The third-order valence-corrected chi connectivity index (χ3v) is 1.46. The summed E-state index contributed by atoms with van der Waals surface area (Å²) in [4.78, 5) is 4.12. The third kappa shape index (κ3) is 3.37. The second-order valence-corrected chi connectivity index (χ2v) is 3.04. The van der Waals surface area contributed by atoms with Crippen LogP contribution >= 0.6 is 0 Å². The Hall–Kier alpha value is -1.05. The van der Waals surface area contributed by atoms with Gasteiger partial charge in [0.05, 0.1) is 7.11 Å². The molecule has 2 heteroatoms. The van der Waals surface area contributed by atoms with Crippen molar-refractivity contribution in [2.24, 2.45) is 10.9 Å². The van der Waals surface area contributed by atoms with Crippen LogP contribution in [0.3, 0.4) is 0 Å². The summed E-state index contributed by atoms with van der Waals surface area (Å²) in [6.45, 7) is 13.5. The Bertz CT molecular complexity index is 214. The van der Waals surface area contributed by atoms with Crippen LogP contribution in [0, 0.1) is 5.92 Å². The molecule has 0 rings (SSSR count). The van der Waals surface area contributed by atoms with Crippen molar-refractivity contribution in [3.63, 3.8) is 0 Å². The van der Waals surface area contributed by atoms with Gasteiger partial charge in [0, 0.05) is 11.3 Å². The van der Waals surface area contributed by atoms with Crippen LogP contribution in [-0.4, -0.2) is 13.0 Å². The minimum absolute atomic E-state index is 0.350. The second-order valence-electron chi connectivity index (χ2n) is 3.04. The Kier molecular flexibility index (Phi) is 4.34. The van der Waals surface area contributed by atoms with Crippen LogP contribution in [-0.2, 0) is 4.74 Å². The van der Waals surface area contributed by atoms with E-state index in [1.807, 2.05) is 6.92 Å². The Balaban J connectivity index is 4.56. The molecular weight excluding hydrogens is 150 g/mol. The molecule has 0 aromatic heterocycles. The van der Waals surface area contributed by atoms with E-state index in [2.05, 4.69) is 32.0 Å². The normalized spacial score (nSPS) is 11.6. The molecule has 0 N–H and O–H groups in total. The van der Waals surface area contributed by atoms with Crippen molar-refractivity contribution in [1.82, 2.24) is 0 Å². The van der Waals surface area contributed by atoms with Gasteiger partial charge < -0.3 is 4.74 Å². The quantitative estimate of drug-likeness (QED) is 0.468. The molecule has 0 aromatic carbocycles. The standard InChI is InChI=1S/C10H17NO/c1-7(2)9(5)10(12-6)11-8(3)4/h7H,3,5H2,1-2,4,6H3. The number of methoxy groups -OCH3 is 1. The van der Waals surface area contributed by atoms with Crippen molar-refractivity contribution in [2.75, 3.05) is 7.11 Å². The van der Waals surface area contributed by atoms with Crippen LogP contribution in [0.2, 0.25) is 0 Å². The van der Waals surface area contributed by atoms with Crippen molar-refractivity contribution >= 4 is 5.90 Å². The minimum Gasteiger partial charge on any atom is -0.481 e. The molecule has 0 bridgehead atoms. The van der Waals surface area contributed by atoms with E-state index >= 15 is 0 Å². The van der Waals surface area contributed by atoms with E-state index in [-0.39, 0.29) is 0 Å².